The van der Waals surface area contributed by atoms with Crippen molar-refractivity contribution in [3.05, 3.63) is 69.7 Å². The van der Waals surface area contributed by atoms with E-state index in [9.17, 15) is 4.79 Å². The molecule has 0 aliphatic carbocycles. The van der Waals surface area contributed by atoms with Gasteiger partial charge in [0, 0.05) is 17.1 Å². The van der Waals surface area contributed by atoms with Gasteiger partial charge >= 0.3 is 0 Å². The van der Waals surface area contributed by atoms with Crippen LogP contribution in [0.25, 0.3) is 10.8 Å². The standard InChI is InChI=1S/C18H12Cl3NO2/c19-13-8-15(21)17(9-14(13)20)24-10-18(23)22-16-7-3-5-11-4-1-2-6-12(11)16/h1-9H,10H2,(H,22,23). The van der Waals surface area contributed by atoms with E-state index in [1.165, 1.54) is 12.1 Å². The molecule has 122 valence electrons. The number of ether oxygens (including phenoxy) is 1. The lowest BCUT2D eigenvalue weighted by atomic mass is 10.1. The van der Waals surface area contributed by atoms with Crippen molar-refractivity contribution in [2.45, 2.75) is 0 Å². The third-order valence-electron chi connectivity index (χ3n) is 3.40. The van der Waals surface area contributed by atoms with Crippen LogP contribution in [0.2, 0.25) is 15.1 Å². The first-order chi connectivity index (χ1) is 11.5. The van der Waals surface area contributed by atoms with Crippen LogP contribution in [0.5, 0.6) is 5.75 Å². The van der Waals surface area contributed by atoms with Crippen LogP contribution in [0.4, 0.5) is 5.69 Å². The van der Waals surface area contributed by atoms with E-state index in [-0.39, 0.29) is 12.5 Å². The number of rotatable bonds is 4. The zero-order valence-electron chi connectivity index (χ0n) is 12.4. The van der Waals surface area contributed by atoms with Crippen LogP contribution in [0.3, 0.4) is 0 Å². The molecule has 0 saturated carbocycles. The molecule has 3 aromatic carbocycles. The molecule has 0 aliphatic rings. The second-order valence-electron chi connectivity index (χ2n) is 5.06. The monoisotopic (exact) mass is 379 g/mol. The average molecular weight is 381 g/mol. The number of nitrogens with one attached hydrogen (secondary N) is 1. The van der Waals surface area contributed by atoms with E-state index < -0.39 is 0 Å². The van der Waals surface area contributed by atoms with Crippen molar-refractivity contribution in [1.29, 1.82) is 0 Å². The largest absolute Gasteiger partial charge is 0.482 e. The smallest absolute Gasteiger partial charge is 0.262 e. The van der Waals surface area contributed by atoms with Gasteiger partial charge in [-0.1, -0.05) is 71.2 Å². The van der Waals surface area contributed by atoms with Gasteiger partial charge in [-0.25, -0.2) is 0 Å². The van der Waals surface area contributed by atoms with Gasteiger partial charge < -0.3 is 10.1 Å². The molecule has 0 radical (unpaired) electrons. The minimum absolute atomic E-state index is 0.194. The van der Waals surface area contributed by atoms with Crippen molar-refractivity contribution in [3.8, 4) is 5.75 Å². The highest BCUT2D eigenvalue weighted by Gasteiger charge is 2.10. The predicted molar refractivity (Wildman–Crippen MR) is 99.5 cm³/mol. The van der Waals surface area contributed by atoms with Crippen molar-refractivity contribution in [2.75, 3.05) is 11.9 Å². The molecule has 1 N–H and O–H groups in total. The SMILES string of the molecule is O=C(COc1cc(Cl)c(Cl)cc1Cl)Nc1cccc2ccccc12. The molecule has 0 fully saturated rings. The third kappa shape index (κ3) is 3.75. The summed E-state index contributed by atoms with van der Waals surface area (Å²) in [4.78, 5) is 12.2. The normalized spacial score (nSPS) is 10.6. The first-order valence-corrected chi connectivity index (χ1v) is 8.23. The summed E-state index contributed by atoms with van der Waals surface area (Å²) in [6, 6.07) is 16.5. The number of anilines is 1. The van der Waals surface area contributed by atoms with Gasteiger partial charge in [-0.3, -0.25) is 4.79 Å². The minimum atomic E-state index is -0.298. The van der Waals surface area contributed by atoms with E-state index in [0.29, 0.717) is 20.8 Å². The van der Waals surface area contributed by atoms with Crippen LogP contribution in [-0.4, -0.2) is 12.5 Å². The average Bonchev–Trinajstić information content (AvgIpc) is 2.57. The summed E-state index contributed by atoms with van der Waals surface area (Å²) in [6.45, 7) is -0.194. The van der Waals surface area contributed by atoms with E-state index in [1.54, 1.807) is 0 Å². The number of carbonyl (C=O) groups excluding carboxylic acids is 1. The van der Waals surface area contributed by atoms with Crippen LogP contribution in [-0.2, 0) is 4.79 Å². The fourth-order valence-corrected chi connectivity index (χ4v) is 2.87. The maximum atomic E-state index is 12.2. The van der Waals surface area contributed by atoms with Gasteiger partial charge in [-0.2, -0.15) is 0 Å². The van der Waals surface area contributed by atoms with Crippen LogP contribution in [0.1, 0.15) is 0 Å². The molecule has 0 unspecified atom stereocenters. The molecule has 0 bridgehead atoms. The number of hydrogen-bond donors (Lipinski definition) is 1. The van der Waals surface area contributed by atoms with Gasteiger partial charge in [0.1, 0.15) is 5.75 Å². The molecular formula is C18H12Cl3NO2. The van der Waals surface area contributed by atoms with Gasteiger partial charge in [-0.05, 0) is 17.5 Å². The van der Waals surface area contributed by atoms with Crippen molar-refractivity contribution >= 4 is 57.2 Å². The molecule has 3 aromatic rings. The summed E-state index contributed by atoms with van der Waals surface area (Å²) >= 11 is 17.8. The quantitative estimate of drug-likeness (QED) is 0.579. The second kappa shape index (κ2) is 7.31. The lowest BCUT2D eigenvalue weighted by Crippen LogP contribution is -2.20. The first kappa shape index (κ1) is 16.9. The highest BCUT2D eigenvalue weighted by atomic mass is 35.5. The number of fused-ring (bicyclic) bond motifs is 1. The Morgan fingerprint density at radius 1 is 0.917 bits per heavy atom. The maximum absolute atomic E-state index is 12.2. The van der Waals surface area contributed by atoms with Crippen molar-refractivity contribution in [1.82, 2.24) is 0 Å². The van der Waals surface area contributed by atoms with Crippen LogP contribution in [0, 0.1) is 0 Å². The van der Waals surface area contributed by atoms with E-state index in [2.05, 4.69) is 5.32 Å². The third-order valence-corrected chi connectivity index (χ3v) is 4.41. The molecule has 0 atom stereocenters. The minimum Gasteiger partial charge on any atom is -0.482 e. The molecule has 3 nitrogen and oxygen atoms in total. The number of benzene rings is 3. The van der Waals surface area contributed by atoms with E-state index >= 15 is 0 Å². The van der Waals surface area contributed by atoms with Gasteiger partial charge in [-0.15, -0.1) is 0 Å². The lowest BCUT2D eigenvalue weighted by molar-refractivity contribution is -0.118. The van der Waals surface area contributed by atoms with Gasteiger partial charge in [0.2, 0.25) is 0 Å². The van der Waals surface area contributed by atoms with Gasteiger partial charge in [0.25, 0.3) is 5.91 Å². The molecule has 24 heavy (non-hydrogen) atoms. The Bertz CT molecular complexity index is 907. The summed E-state index contributed by atoms with van der Waals surface area (Å²) in [5.41, 5.74) is 0.724. The molecule has 3 rings (SSSR count). The Morgan fingerprint density at radius 2 is 1.62 bits per heavy atom. The maximum Gasteiger partial charge on any atom is 0.262 e. The van der Waals surface area contributed by atoms with Gasteiger partial charge in [0.05, 0.1) is 15.1 Å². The number of carbonyl (C=O) groups is 1. The zero-order valence-corrected chi connectivity index (χ0v) is 14.6. The summed E-state index contributed by atoms with van der Waals surface area (Å²) in [6.07, 6.45) is 0. The number of halogens is 3. The molecule has 0 saturated heterocycles. The molecule has 6 heteroatoms. The Labute approximate surface area is 154 Å². The Morgan fingerprint density at radius 3 is 2.46 bits per heavy atom. The highest BCUT2D eigenvalue weighted by molar-refractivity contribution is 6.43. The number of amides is 1. The fraction of sp³-hybridized carbons (Fsp3) is 0.0556. The first-order valence-electron chi connectivity index (χ1n) is 7.09. The summed E-state index contributed by atoms with van der Waals surface area (Å²) in [5, 5.41) is 5.77. The van der Waals surface area contributed by atoms with Crippen molar-refractivity contribution < 1.29 is 9.53 Å². The van der Waals surface area contributed by atoms with Gasteiger partial charge in [0.15, 0.2) is 6.61 Å². The van der Waals surface area contributed by atoms with Crippen LogP contribution >= 0.6 is 34.8 Å². The topological polar surface area (TPSA) is 38.3 Å². The molecule has 0 spiro atoms. The van der Waals surface area contributed by atoms with Crippen LogP contribution < -0.4 is 10.1 Å². The molecule has 0 heterocycles. The Balaban J connectivity index is 1.71. The second-order valence-corrected chi connectivity index (χ2v) is 6.28. The van der Waals surface area contributed by atoms with Crippen molar-refractivity contribution in [2.24, 2.45) is 0 Å². The fourth-order valence-electron chi connectivity index (χ4n) is 2.28. The molecule has 1 amide bonds. The summed E-state index contributed by atoms with van der Waals surface area (Å²) < 4.78 is 5.43. The molecule has 0 aliphatic heterocycles. The Hall–Kier alpha value is -1.94. The predicted octanol–water partition coefficient (Wildman–Crippen LogP) is 5.82. The summed E-state index contributed by atoms with van der Waals surface area (Å²) in [5.74, 6) is 0.00706. The van der Waals surface area contributed by atoms with E-state index in [0.717, 1.165) is 16.5 Å². The van der Waals surface area contributed by atoms with Crippen molar-refractivity contribution in [3.63, 3.8) is 0 Å². The van der Waals surface area contributed by atoms with E-state index in [4.69, 9.17) is 39.5 Å². The molecule has 0 aromatic heterocycles. The van der Waals surface area contributed by atoms with Crippen LogP contribution in [0.15, 0.2) is 54.6 Å². The zero-order chi connectivity index (χ0) is 17.1. The number of hydrogen-bond acceptors (Lipinski definition) is 2. The van der Waals surface area contributed by atoms with E-state index in [1.807, 2.05) is 42.5 Å². The summed E-state index contributed by atoms with van der Waals surface area (Å²) in [7, 11) is 0. The Kier molecular flexibility index (Phi) is 5.14. The highest BCUT2D eigenvalue weighted by Crippen LogP contribution is 2.33. The lowest BCUT2D eigenvalue weighted by Gasteiger charge is -2.11. The molecular weight excluding hydrogens is 369 g/mol.